The molecule has 0 spiro atoms. The van der Waals surface area contributed by atoms with Crippen LogP contribution >= 0.6 is 0 Å². The van der Waals surface area contributed by atoms with Crippen LogP contribution in [0.1, 0.15) is 61.3 Å². The van der Waals surface area contributed by atoms with Gasteiger partial charge in [0.25, 0.3) is 5.91 Å². The first-order valence-corrected chi connectivity index (χ1v) is 8.96. The van der Waals surface area contributed by atoms with Gasteiger partial charge in [0.2, 0.25) is 5.91 Å². The summed E-state index contributed by atoms with van der Waals surface area (Å²) in [5.41, 5.74) is 0.787. The molecule has 0 atom stereocenters. The number of amides is 2. The molecule has 0 radical (unpaired) electrons. The Labute approximate surface area is 149 Å². The molecular weight excluding hydrogens is 316 g/mol. The van der Waals surface area contributed by atoms with Crippen molar-refractivity contribution in [3.8, 4) is 0 Å². The average molecular weight is 342 g/mol. The highest BCUT2D eigenvalue weighted by Crippen LogP contribution is 2.32. The zero-order valence-electron chi connectivity index (χ0n) is 15.4. The monoisotopic (exact) mass is 342 g/mol. The average Bonchev–Trinajstić information content (AvgIpc) is 3.36. The number of hydrogen-bond acceptors (Lipinski definition) is 3. The number of rotatable bonds is 4. The first kappa shape index (κ1) is 17.6. The van der Waals surface area contributed by atoms with Crippen molar-refractivity contribution in [3.63, 3.8) is 0 Å². The maximum absolute atomic E-state index is 12.8. The highest BCUT2D eigenvalue weighted by molar-refractivity contribution is 6.01. The van der Waals surface area contributed by atoms with E-state index in [4.69, 9.17) is 0 Å². The molecule has 1 aromatic rings. The summed E-state index contributed by atoms with van der Waals surface area (Å²) in [7, 11) is 0. The molecule has 5 nitrogen and oxygen atoms in total. The van der Waals surface area contributed by atoms with Crippen LogP contribution in [0, 0.1) is 5.92 Å². The van der Waals surface area contributed by atoms with Crippen molar-refractivity contribution in [1.82, 2.24) is 9.80 Å². The van der Waals surface area contributed by atoms with Crippen molar-refractivity contribution in [3.05, 3.63) is 35.4 Å². The van der Waals surface area contributed by atoms with E-state index in [0.717, 1.165) is 12.8 Å². The van der Waals surface area contributed by atoms with E-state index in [1.807, 2.05) is 32.6 Å². The van der Waals surface area contributed by atoms with Gasteiger partial charge in [-0.3, -0.25) is 14.4 Å². The van der Waals surface area contributed by atoms with Crippen LogP contribution in [0.3, 0.4) is 0 Å². The first-order chi connectivity index (χ1) is 11.7. The normalized spacial score (nSPS) is 20.1. The second-order valence-corrected chi connectivity index (χ2v) is 8.05. The van der Waals surface area contributed by atoms with Gasteiger partial charge in [0.05, 0.1) is 5.54 Å². The van der Waals surface area contributed by atoms with Crippen LogP contribution in [-0.4, -0.2) is 52.1 Å². The number of piperazine rings is 1. The molecule has 0 aromatic heterocycles. The van der Waals surface area contributed by atoms with E-state index in [1.54, 1.807) is 29.2 Å². The molecule has 0 bridgehead atoms. The van der Waals surface area contributed by atoms with Gasteiger partial charge in [0.1, 0.15) is 6.54 Å². The predicted octanol–water partition coefficient (Wildman–Crippen LogP) is 2.75. The van der Waals surface area contributed by atoms with Gasteiger partial charge in [-0.25, -0.2) is 0 Å². The third-order valence-corrected chi connectivity index (χ3v) is 4.99. The Morgan fingerprint density at radius 3 is 2.12 bits per heavy atom. The smallest absolute Gasteiger partial charge is 0.254 e. The molecule has 1 heterocycles. The van der Waals surface area contributed by atoms with E-state index in [9.17, 15) is 14.4 Å². The van der Waals surface area contributed by atoms with Crippen LogP contribution in [0.25, 0.3) is 0 Å². The van der Waals surface area contributed by atoms with Gasteiger partial charge in [-0.05, 0) is 52.7 Å². The molecule has 1 aliphatic carbocycles. The molecule has 1 saturated carbocycles. The van der Waals surface area contributed by atoms with Gasteiger partial charge in [0, 0.05) is 29.6 Å². The Balaban J connectivity index is 1.75. The van der Waals surface area contributed by atoms with Crippen LogP contribution in [0.2, 0.25) is 0 Å². The van der Waals surface area contributed by atoms with E-state index in [0.29, 0.717) is 17.7 Å². The third-order valence-electron chi connectivity index (χ3n) is 4.99. The highest BCUT2D eigenvalue weighted by Gasteiger charge is 2.41. The van der Waals surface area contributed by atoms with Crippen LogP contribution < -0.4 is 0 Å². The van der Waals surface area contributed by atoms with Gasteiger partial charge in [0.15, 0.2) is 5.78 Å². The second kappa shape index (κ2) is 6.28. The van der Waals surface area contributed by atoms with E-state index in [1.165, 1.54) is 0 Å². The quantitative estimate of drug-likeness (QED) is 0.791. The lowest BCUT2D eigenvalue weighted by atomic mass is 9.95. The molecular formula is C20H26N2O3. The van der Waals surface area contributed by atoms with Crippen LogP contribution in [0.5, 0.6) is 0 Å². The zero-order chi connectivity index (χ0) is 18.4. The molecule has 0 N–H and O–H groups in total. The largest absolute Gasteiger partial charge is 0.332 e. The molecule has 1 aromatic carbocycles. The highest BCUT2D eigenvalue weighted by atomic mass is 16.2. The number of Topliss-reactive ketones (excluding diaryl/α,β-unsaturated/α-hetero) is 1. The molecule has 0 unspecified atom stereocenters. The van der Waals surface area contributed by atoms with Gasteiger partial charge in [-0.2, -0.15) is 0 Å². The van der Waals surface area contributed by atoms with Crippen molar-refractivity contribution in [1.29, 1.82) is 0 Å². The van der Waals surface area contributed by atoms with Crippen LogP contribution in [0.4, 0.5) is 0 Å². The SMILES string of the molecule is CC(C)N1C(=O)CN(C(=O)c2ccc(C(=O)C3CC3)cc2)CC1(C)C. The molecule has 134 valence electrons. The third kappa shape index (κ3) is 3.46. The molecule has 5 heteroatoms. The van der Waals surface area contributed by atoms with Crippen molar-refractivity contribution in [2.75, 3.05) is 13.1 Å². The fourth-order valence-corrected chi connectivity index (χ4v) is 3.85. The van der Waals surface area contributed by atoms with Crippen LogP contribution in [0.15, 0.2) is 24.3 Å². The number of hydrogen-bond donors (Lipinski definition) is 0. The lowest BCUT2D eigenvalue weighted by molar-refractivity contribution is -0.146. The van der Waals surface area contributed by atoms with Crippen molar-refractivity contribution < 1.29 is 14.4 Å². The Morgan fingerprint density at radius 1 is 1.08 bits per heavy atom. The first-order valence-electron chi connectivity index (χ1n) is 8.96. The Bertz CT molecular complexity index is 702. The summed E-state index contributed by atoms with van der Waals surface area (Å²) in [5.74, 6) is 0.153. The van der Waals surface area contributed by atoms with Crippen molar-refractivity contribution in [2.24, 2.45) is 5.92 Å². The standard InChI is InChI=1S/C20H26N2O3/c1-13(2)22-17(23)11-21(12-20(22,3)4)19(25)16-9-7-15(8-10-16)18(24)14-5-6-14/h7-10,13-14H,5-6,11-12H2,1-4H3. The van der Waals surface area contributed by atoms with Crippen LogP contribution in [-0.2, 0) is 4.79 Å². The van der Waals surface area contributed by atoms with Gasteiger partial charge in [-0.15, -0.1) is 0 Å². The Kier molecular flexibility index (Phi) is 4.43. The Hall–Kier alpha value is -2.17. The minimum absolute atomic E-state index is 0.0277. The summed E-state index contributed by atoms with van der Waals surface area (Å²) in [5, 5.41) is 0. The molecule has 25 heavy (non-hydrogen) atoms. The zero-order valence-corrected chi connectivity index (χ0v) is 15.4. The van der Waals surface area contributed by atoms with E-state index < -0.39 is 5.54 Å². The summed E-state index contributed by atoms with van der Waals surface area (Å²) in [6, 6.07) is 6.96. The van der Waals surface area contributed by atoms with E-state index >= 15 is 0 Å². The van der Waals surface area contributed by atoms with E-state index in [-0.39, 0.29) is 36.1 Å². The maximum Gasteiger partial charge on any atom is 0.254 e. The fourth-order valence-electron chi connectivity index (χ4n) is 3.85. The summed E-state index contributed by atoms with van der Waals surface area (Å²) >= 11 is 0. The molecule has 1 aliphatic heterocycles. The van der Waals surface area contributed by atoms with Gasteiger partial charge < -0.3 is 9.80 Å². The topological polar surface area (TPSA) is 57.7 Å². The molecule has 2 amide bonds. The van der Waals surface area contributed by atoms with Gasteiger partial charge >= 0.3 is 0 Å². The molecule has 2 aliphatic rings. The predicted molar refractivity (Wildman–Crippen MR) is 95.5 cm³/mol. The lowest BCUT2D eigenvalue weighted by Gasteiger charge is -2.48. The minimum Gasteiger partial charge on any atom is -0.332 e. The Morgan fingerprint density at radius 2 is 1.64 bits per heavy atom. The van der Waals surface area contributed by atoms with Crippen molar-refractivity contribution in [2.45, 2.75) is 52.1 Å². The maximum atomic E-state index is 12.8. The fraction of sp³-hybridized carbons (Fsp3) is 0.550. The molecule has 2 fully saturated rings. The lowest BCUT2D eigenvalue weighted by Crippen LogP contribution is -2.64. The summed E-state index contributed by atoms with van der Waals surface area (Å²) in [4.78, 5) is 40.9. The number of carbonyl (C=O) groups is 3. The number of nitrogens with zero attached hydrogens (tertiary/aromatic N) is 2. The second-order valence-electron chi connectivity index (χ2n) is 8.05. The summed E-state index contributed by atoms with van der Waals surface area (Å²) in [6.07, 6.45) is 1.94. The number of carbonyl (C=O) groups excluding carboxylic acids is 3. The minimum atomic E-state index is -0.402. The molecule has 1 saturated heterocycles. The summed E-state index contributed by atoms with van der Waals surface area (Å²) < 4.78 is 0. The van der Waals surface area contributed by atoms with Gasteiger partial charge in [-0.1, -0.05) is 12.1 Å². The number of benzene rings is 1. The molecule has 3 rings (SSSR count). The summed E-state index contributed by atoms with van der Waals surface area (Å²) in [6.45, 7) is 8.56. The van der Waals surface area contributed by atoms with E-state index in [2.05, 4.69) is 0 Å². The van der Waals surface area contributed by atoms with Crippen molar-refractivity contribution >= 4 is 17.6 Å². The number of ketones is 1.